The van der Waals surface area contributed by atoms with Crippen LogP contribution in [0.1, 0.15) is 38.8 Å². The molecule has 0 N–H and O–H groups in total. The smallest absolute Gasteiger partial charge is 0.161 e. The third-order valence-corrected chi connectivity index (χ3v) is 6.89. The van der Waals surface area contributed by atoms with Gasteiger partial charge in [-0.05, 0) is 46.9 Å². The summed E-state index contributed by atoms with van der Waals surface area (Å²) in [5.41, 5.74) is 7.34. The monoisotopic (exact) mass is 355 g/mol. The van der Waals surface area contributed by atoms with Crippen molar-refractivity contribution in [1.82, 2.24) is 4.98 Å². The van der Waals surface area contributed by atoms with Crippen molar-refractivity contribution in [1.29, 1.82) is 0 Å². The Morgan fingerprint density at radius 1 is 0.852 bits per heavy atom. The topological polar surface area (TPSA) is 26.0 Å². The maximum Gasteiger partial charge on any atom is 0.161 e. The van der Waals surface area contributed by atoms with Crippen LogP contribution in [0.15, 0.2) is 59.1 Å². The summed E-state index contributed by atoms with van der Waals surface area (Å²) in [6.07, 6.45) is 4.09. The van der Waals surface area contributed by atoms with Crippen LogP contribution in [0.4, 0.5) is 0 Å². The molecule has 1 aliphatic carbocycles. The van der Waals surface area contributed by atoms with Crippen molar-refractivity contribution in [3.63, 3.8) is 0 Å². The van der Waals surface area contributed by atoms with Gasteiger partial charge in [-0.1, -0.05) is 64.1 Å². The van der Waals surface area contributed by atoms with E-state index in [-0.39, 0.29) is 10.8 Å². The minimum absolute atomic E-state index is 0.243. The molecule has 0 bridgehead atoms. The molecule has 0 unspecified atom stereocenters. The molecule has 0 saturated heterocycles. The summed E-state index contributed by atoms with van der Waals surface area (Å²) >= 11 is 0. The summed E-state index contributed by atoms with van der Waals surface area (Å²) in [7, 11) is 0. The maximum absolute atomic E-state index is 6.36. The summed E-state index contributed by atoms with van der Waals surface area (Å²) in [4.78, 5) is 4.64. The minimum atomic E-state index is 0.243. The number of fused-ring (bicyclic) bond motifs is 5. The summed E-state index contributed by atoms with van der Waals surface area (Å²) in [6.45, 7) is 9.58. The van der Waals surface area contributed by atoms with Crippen molar-refractivity contribution >= 4 is 21.9 Å². The quantitative estimate of drug-likeness (QED) is 0.375. The Morgan fingerprint density at radius 2 is 1.59 bits per heavy atom. The lowest BCUT2D eigenvalue weighted by molar-refractivity contribution is 0.0973. The highest BCUT2D eigenvalue weighted by atomic mass is 16.3. The zero-order valence-electron chi connectivity index (χ0n) is 16.5. The van der Waals surface area contributed by atoms with Gasteiger partial charge in [-0.15, -0.1) is 0 Å². The third kappa shape index (κ3) is 2.36. The Bertz CT molecular complexity index is 1170. The summed E-state index contributed by atoms with van der Waals surface area (Å²) < 4.78 is 6.36. The van der Waals surface area contributed by atoms with E-state index in [2.05, 4.69) is 63.0 Å². The third-order valence-electron chi connectivity index (χ3n) is 6.89. The zero-order valence-corrected chi connectivity index (χ0v) is 16.5. The average molecular weight is 355 g/mol. The van der Waals surface area contributed by atoms with Gasteiger partial charge in [0.05, 0.1) is 0 Å². The molecule has 136 valence electrons. The number of benzene rings is 2. The van der Waals surface area contributed by atoms with Crippen molar-refractivity contribution in [3.8, 4) is 11.3 Å². The predicted octanol–water partition coefficient (Wildman–Crippen LogP) is 6.80. The van der Waals surface area contributed by atoms with Gasteiger partial charge >= 0.3 is 0 Å². The van der Waals surface area contributed by atoms with E-state index in [1.807, 2.05) is 24.4 Å². The SMILES string of the molecule is CC1(C)Cc2ccc3oc4c(-c5ccccc5)nccc4c3c2CC1(C)C. The van der Waals surface area contributed by atoms with Crippen molar-refractivity contribution in [2.24, 2.45) is 10.8 Å². The maximum atomic E-state index is 6.36. The minimum Gasteiger partial charge on any atom is -0.454 e. The molecule has 0 atom stereocenters. The highest BCUT2D eigenvalue weighted by Crippen LogP contribution is 2.50. The lowest BCUT2D eigenvalue weighted by atomic mass is 9.58. The van der Waals surface area contributed by atoms with E-state index in [1.165, 1.54) is 21.9 Å². The fraction of sp³-hybridized carbons (Fsp3) is 0.320. The number of pyridine rings is 1. The Morgan fingerprint density at radius 3 is 2.37 bits per heavy atom. The van der Waals surface area contributed by atoms with Crippen LogP contribution in [-0.4, -0.2) is 4.98 Å². The number of furan rings is 1. The van der Waals surface area contributed by atoms with Crippen LogP contribution in [0.5, 0.6) is 0 Å². The van der Waals surface area contributed by atoms with Gasteiger partial charge < -0.3 is 4.42 Å². The number of nitrogens with zero attached hydrogens (tertiary/aromatic N) is 1. The highest BCUT2D eigenvalue weighted by Gasteiger charge is 2.42. The van der Waals surface area contributed by atoms with Gasteiger partial charge in [-0.3, -0.25) is 4.98 Å². The number of hydrogen-bond acceptors (Lipinski definition) is 2. The first-order chi connectivity index (χ1) is 12.9. The molecule has 0 saturated carbocycles. The van der Waals surface area contributed by atoms with Crippen LogP contribution < -0.4 is 0 Å². The first-order valence-electron chi connectivity index (χ1n) is 9.75. The van der Waals surface area contributed by atoms with E-state index in [4.69, 9.17) is 4.42 Å². The van der Waals surface area contributed by atoms with Gasteiger partial charge in [-0.2, -0.15) is 0 Å². The molecule has 2 heteroatoms. The molecule has 0 radical (unpaired) electrons. The Labute approximate surface area is 160 Å². The van der Waals surface area contributed by atoms with Gasteiger partial charge in [0.25, 0.3) is 0 Å². The molecule has 2 nitrogen and oxygen atoms in total. The van der Waals surface area contributed by atoms with Crippen molar-refractivity contribution in [2.75, 3.05) is 0 Å². The van der Waals surface area contributed by atoms with Crippen molar-refractivity contribution < 1.29 is 4.42 Å². The van der Waals surface area contributed by atoms with Crippen LogP contribution >= 0.6 is 0 Å². The van der Waals surface area contributed by atoms with Crippen LogP contribution in [0.25, 0.3) is 33.2 Å². The van der Waals surface area contributed by atoms with Crippen LogP contribution in [0, 0.1) is 10.8 Å². The van der Waals surface area contributed by atoms with Gasteiger partial charge in [0, 0.05) is 22.5 Å². The number of hydrogen-bond donors (Lipinski definition) is 0. The second-order valence-corrected chi connectivity index (χ2v) is 9.20. The number of rotatable bonds is 1. The van der Waals surface area contributed by atoms with Gasteiger partial charge in [0.2, 0.25) is 0 Å². The fourth-order valence-corrected chi connectivity index (χ4v) is 4.47. The first-order valence-corrected chi connectivity index (χ1v) is 9.75. The lowest BCUT2D eigenvalue weighted by Crippen LogP contribution is -2.40. The average Bonchev–Trinajstić information content (AvgIpc) is 3.02. The zero-order chi connectivity index (χ0) is 18.8. The van der Waals surface area contributed by atoms with Crippen molar-refractivity contribution in [2.45, 2.75) is 40.5 Å². The van der Waals surface area contributed by atoms with E-state index in [0.717, 1.165) is 35.3 Å². The van der Waals surface area contributed by atoms with Gasteiger partial charge in [0.15, 0.2) is 5.58 Å². The molecular weight excluding hydrogens is 330 g/mol. The predicted molar refractivity (Wildman–Crippen MR) is 112 cm³/mol. The van der Waals surface area contributed by atoms with Gasteiger partial charge in [-0.25, -0.2) is 0 Å². The standard InChI is InChI=1S/C25H25NO/c1-24(2)14-17-10-11-20-21(19(17)15-25(24,3)4)18-12-13-26-22(23(18)27-20)16-8-6-5-7-9-16/h5-13H,14-15H2,1-4H3. The van der Waals surface area contributed by atoms with E-state index < -0.39 is 0 Å². The summed E-state index contributed by atoms with van der Waals surface area (Å²) in [5, 5.41) is 2.47. The molecule has 0 amide bonds. The normalized spacial score (nSPS) is 17.9. The molecular formula is C25H25NO. The summed E-state index contributed by atoms with van der Waals surface area (Å²) in [5.74, 6) is 0. The van der Waals surface area contributed by atoms with E-state index in [0.29, 0.717) is 0 Å². The molecule has 0 aliphatic heterocycles. The Hall–Kier alpha value is -2.61. The molecule has 2 heterocycles. The number of aromatic nitrogens is 1. The Balaban J connectivity index is 1.82. The fourth-order valence-electron chi connectivity index (χ4n) is 4.47. The first kappa shape index (κ1) is 16.6. The molecule has 1 aliphatic rings. The molecule has 4 aromatic rings. The highest BCUT2D eigenvalue weighted by molar-refractivity contribution is 6.10. The van der Waals surface area contributed by atoms with Crippen LogP contribution in [0.3, 0.4) is 0 Å². The second-order valence-electron chi connectivity index (χ2n) is 9.20. The van der Waals surface area contributed by atoms with E-state index >= 15 is 0 Å². The largest absolute Gasteiger partial charge is 0.454 e. The second kappa shape index (κ2) is 5.45. The van der Waals surface area contributed by atoms with E-state index in [9.17, 15) is 0 Å². The van der Waals surface area contributed by atoms with Crippen molar-refractivity contribution in [3.05, 3.63) is 65.9 Å². The molecule has 0 fully saturated rings. The van der Waals surface area contributed by atoms with Gasteiger partial charge in [0.1, 0.15) is 11.3 Å². The van der Waals surface area contributed by atoms with Crippen LogP contribution in [0.2, 0.25) is 0 Å². The summed E-state index contributed by atoms with van der Waals surface area (Å²) in [6, 6.07) is 16.8. The van der Waals surface area contributed by atoms with Crippen LogP contribution in [-0.2, 0) is 12.8 Å². The molecule has 2 aromatic heterocycles. The lowest BCUT2D eigenvalue weighted by Gasteiger charge is -2.46. The Kier molecular flexibility index (Phi) is 3.34. The molecule has 2 aromatic carbocycles. The van der Waals surface area contributed by atoms with E-state index in [1.54, 1.807) is 0 Å². The molecule has 0 spiro atoms. The molecule has 5 rings (SSSR count). The molecule has 27 heavy (non-hydrogen) atoms.